The summed E-state index contributed by atoms with van der Waals surface area (Å²) >= 11 is 0. The van der Waals surface area contributed by atoms with Crippen LogP contribution in [-0.2, 0) is 13.1 Å². The first-order chi connectivity index (χ1) is 6.29. The molecule has 0 radical (unpaired) electrons. The van der Waals surface area contributed by atoms with E-state index in [9.17, 15) is 0 Å². The van der Waals surface area contributed by atoms with E-state index in [1.165, 1.54) is 0 Å². The molecule has 0 spiro atoms. The molecule has 0 saturated carbocycles. The molecule has 2 rings (SSSR count). The van der Waals surface area contributed by atoms with Gasteiger partial charge in [0.1, 0.15) is 11.6 Å². The number of hydrogen-bond donors (Lipinski definition) is 0. The van der Waals surface area contributed by atoms with Crippen molar-refractivity contribution >= 4 is 0 Å². The highest BCUT2D eigenvalue weighted by atomic mass is 15.4. The third-order valence-corrected chi connectivity index (χ3v) is 2.16. The lowest BCUT2D eigenvalue weighted by Gasteiger charge is -2.24. The van der Waals surface area contributed by atoms with Crippen LogP contribution in [0.5, 0.6) is 0 Å². The van der Waals surface area contributed by atoms with Gasteiger partial charge < -0.3 is 0 Å². The third-order valence-electron chi connectivity index (χ3n) is 2.16. The van der Waals surface area contributed by atoms with E-state index in [1.54, 1.807) is 0 Å². The van der Waals surface area contributed by atoms with E-state index in [2.05, 4.69) is 20.9 Å². The fourth-order valence-corrected chi connectivity index (χ4v) is 1.57. The van der Waals surface area contributed by atoms with E-state index >= 15 is 0 Å². The number of fused-ring (bicyclic) bond motifs is 1. The monoisotopic (exact) mass is 176 g/mol. The van der Waals surface area contributed by atoms with Crippen molar-refractivity contribution in [3.8, 4) is 12.3 Å². The highest BCUT2D eigenvalue weighted by molar-refractivity contribution is 4.97. The molecule has 68 valence electrons. The minimum Gasteiger partial charge on any atom is -0.283 e. The van der Waals surface area contributed by atoms with Crippen LogP contribution in [0.15, 0.2) is 0 Å². The summed E-state index contributed by atoms with van der Waals surface area (Å²) in [7, 11) is 0. The number of nitrogens with zero attached hydrogens (tertiary/aromatic N) is 4. The molecule has 0 aliphatic carbocycles. The molecule has 1 aliphatic rings. The minimum absolute atomic E-state index is 0.700. The van der Waals surface area contributed by atoms with Crippen LogP contribution in [0.1, 0.15) is 11.6 Å². The zero-order valence-corrected chi connectivity index (χ0v) is 7.69. The number of rotatable bonds is 1. The van der Waals surface area contributed by atoms with E-state index in [4.69, 9.17) is 6.42 Å². The zero-order chi connectivity index (χ0) is 9.26. The molecule has 0 atom stereocenters. The van der Waals surface area contributed by atoms with Crippen LogP contribution in [0.25, 0.3) is 0 Å². The van der Waals surface area contributed by atoms with E-state index in [0.29, 0.717) is 6.54 Å². The second kappa shape index (κ2) is 3.19. The smallest absolute Gasteiger partial charge is 0.147 e. The van der Waals surface area contributed by atoms with Crippen LogP contribution in [0, 0.1) is 19.3 Å². The Labute approximate surface area is 77.6 Å². The van der Waals surface area contributed by atoms with Crippen LogP contribution in [-0.4, -0.2) is 32.8 Å². The summed E-state index contributed by atoms with van der Waals surface area (Å²) in [5.41, 5.74) is 0. The topological polar surface area (TPSA) is 34.0 Å². The molecule has 0 bridgehead atoms. The summed E-state index contributed by atoms with van der Waals surface area (Å²) in [4.78, 5) is 6.52. The fraction of sp³-hybridized carbons (Fsp3) is 0.556. The number of aryl methyl sites for hydroxylation is 1. The molecule has 13 heavy (non-hydrogen) atoms. The number of aromatic nitrogens is 3. The lowest BCUT2D eigenvalue weighted by atomic mass is 10.3. The van der Waals surface area contributed by atoms with E-state index in [1.807, 2.05) is 11.6 Å². The van der Waals surface area contributed by atoms with Crippen LogP contribution in [0.4, 0.5) is 0 Å². The largest absolute Gasteiger partial charge is 0.283 e. The average molecular weight is 176 g/mol. The van der Waals surface area contributed by atoms with Gasteiger partial charge in [-0.1, -0.05) is 5.92 Å². The molecule has 2 heterocycles. The Hall–Kier alpha value is -1.34. The van der Waals surface area contributed by atoms with Gasteiger partial charge in [-0.2, -0.15) is 5.10 Å². The Bertz CT molecular complexity index is 347. The van der Waals surface area contributed by atoms with Gasteiger partial charge in [-0.3, -0.25) is 4.90 Å². The zero-order valence-electron chi connectivity index (χ0n) is 7.69. The molecule has 1 aliphatic heterocycles. The molecule has 0 N–H and O–H groups in total. The summed E-state index contributed by atoms with van der Waals surface area (Å²) in [6.45, 7) is 5.31. The summed E-state index contributed by atoms with van der Waals surface area (Å²) in [6, 6.07) is 0. The second-order valence-electron chi connectivity index (χ2n) is 3.21. The highest BCUT2D eigenvalue weighted by Gasteiger charge is 2.17. The SMILES string of the molecule is C#CCN1CCn2nc(C)nc2C1. The van der Waals surface area contributed by atoms with Gasteiger partial charge >= 0.3 is 0 Å². The molecule has 1 aromatic heterocycles. The van der Waals surface area contributed by atoms with Crippen molar-refractivity contribution in [1.82, 2.24) is 19.7 Å². The first-order valence-electron chi connectivity index (χ1n) is 4.36. The maximum Gasteiger partial charge on any atom is 0.147 e. The van der Waals surface area contributed by atoms with Crippen molar-refractivity contribution in [3.63, 3.8) is 0 Å². The van der Waals surface area contributed by atoms with Crippen molar-refractivity contribution in [3.05, 3.63) is 11.6 Å². The molecular formula is C9H12N4. The highest BCUT2D eigenvalue weighted by Crippen LogP contribution is 2.08. The third kappa shape index (κ3) is 1.56. The first-order valence-corrected chi connectivity index (χ1v) is 4.36. The maximum atomic E-state index is 5.25. The predicted molar refractivity (Wildman–Crippen MR) is 48.9 cm³/mol. The molecule has 0 fully saturated rings. The van der Waals surface area contributed by atoms with Crippen molar-refractivity contribution in [2.24, 2.45) is 0 Å². The van der Waals surface area contributed by atoms with Gasteiger partial charge in [0.05, 0.1) is 19.6 Å². The Kier molecular flexibility index (Phi) is 2.03. The summed E-state index contributed by atoms with van der Waals surface area (Å²) < 4.78 is 1.96. The van der Waals surface area contributed by atoms with Crippen molar-refractivity contribution in [2.75, 3.05) is 13.1 Å². The molecule has 4 nitrogen and oxygen atoms in total. The fourth-order valence-electron chi connectivity index (χ4n) is 1.57. The first kappa shape index (κ1) is 8.27. The molecular weight excluding hydrogens is 164 g/mol. The Morgan fingerprint density at radius 2 is 2.38 bits per heavy atom. The number of terminal acetylenes is 1. The van der Waals surface area contributed by atoms with Gasteiger partial charge in [0.25, 0.3) is 0 Å². The van der Waals surface area contributed by atoms with Crippen molar-refractivity contribution in [2.45, 2.75) is 20.0 Å². The Morgan fingerprint density at radius 1 is 1.54 bits per heavy atom. The van der Waals surface area contributed by atoms with Gasteiger partial charge in [0.15, 0.2) is 0 Å². The second-order valence-corrected chi connectivity index (χ2v) is 3.21. The van der Waals surface area contributed by atoms with Crippen molar-refractivity contribution in [1.29, 1.82) is 0 Å². The summed E-state index contributed by atoms with van der Waals surface area (Å²) in [5, 5.41) is 4.27. The standard InChI is InChI=1S/C9H12N4/c1-3-4-12-5-6-13-9(7-12)10-8(2)11-13/h1H,4-7H2,2H3. The van der Waals surface area contributed by atoms with E-state index in [-0.39, 0.29) is 0 Å². The van der Waals surface area contributed by atoms with Crippen LogP contribution in [0.3, 0.4) is 0 Å². The average Bonchev–Trinajstić information content (AvgIpc) is 2.44. The van der Waals surface area contributed by atoms with Gasteiger partial charge in [0.2, 0.25) is 0 Å². The van der Waals surface area contributed by atoms with Crippen LogP contribution >= 0.6 is 0 Å². The lowest BCUT2D eigenvalue weighted by Crippen LogP contribution is -2.34. The van der Waals surface area contributed by atoms with Crippen molar-refractivity contribution < 1.29 is 0 Å². The predicted octanol–water partition coefficient (Wildman–Crippen LogP) is 0.0353. The van der Waals surface area contributed by atoms with Crippen LogP contribution in [0.2, 0.25) is 0 Å². The Balaban J connectivity index is 2.15. The normalized spacial score (nSPS) is 16.6. The van der Waals surface area contributed by atoms with Gasteiger partial charge in [-0.05, 0) is 6.92 Å². The molecule has 0 aromatic carbocycles. The summed E-state index contributed by atoms with van der Waals surface area (Å²) in [5.74, 6) is 4.52. The van der Waals surface area contributed by atoms with E-state index in [0.717, 1.165) is 31.3 Å². The minimum atomic E-state index is 0.700. The molecule has 0 unspecified atom stereocenters. The number of hydrogen-bond acceptors (Lipinski definition) is 3. The molecule has 0 saturated heterocycles. The molecule has 0 amide bonds. The summed E-state index contributed by atoms with van der Waals surface area (Å²) in [6.07, 6.45) is 5.25. The molecule has 4 heteroatoms. The van der Waals surface area contributed by atoms with E-state index < -0.39 is 0 Å². The lowest BCUT2D eigenvalue weighted by molar-refractivity contribution is 0.234. The Morgan fingerprint density at radius 3 is 3.15 bits per heavy atom. The van der Waals surface area contributed by atoms with Gasteiger partial charge in [0, 0.05) is 6.54 Å². The molecule has 1 aromatic rings. The quantitative estimate of drug-likeness (QED) is 0.566. The van der Waals surface area contributed by atoms with Gasteiger partial charge in [-0.25, -0.2) is 9.67 Å². The van der Waals surface area contributed by atoms with Crippen LogP contribution < -0.4 is 0 Å². The van der Waals surface area contributed by atoms with Gasteiger partial charge in [-0.15, -0.1) is 6.42 Å². The maximum absolute atomic E-state index is 5.25.